The fraction of sp³-hybridized carbons (Fsp3) is 0. The van der Waals surface area contributed by atoms with Crippen LogP contribution in [0.5, 0.6) is 0 Å². The summed E-state index contributed by atoms with van der Waals surface area (Å²) in [7, 11) is 0. The van der Waals surface area contributed by atoms with Crippen molar-refractivity contribution in [3.63, 3.8) is 0 Å². The molecule has 0 saturated heterocycles. The topological polar surface area (TPSA) is 87.3 Å². The van der Waals surface area contributed by atoms with E-state index < -0.39 is 11.8 Å². The van der Waals surface area contributed by atoms with Gasteiger partial charge in [0.05, 0.1) is 9.75 Å². The fourth-order valence-electron chi connectivity index (χ4n) is 2.78. The molecule has 9 heteroatoms. The third kappa shape index (κ3) is 5.08. The number of hydrogen-bond donors (Lipinski definition) is 3. The minimum absolute atomic E-state index is 0.222. The molecule has 6 nitrogen and oxygen atoms in total. The molecule has 0 spiro atoms. The van der Waals surface area contributed by atoms with E-state index in [4.69, 9.17) is 0 Å². The summed E-state index contributed by atoms with van der Waals surface area (Å²) < 4.78 is 13.1. The molecular weight excluding hydrogens is 449 g/mol. The summed E-state index contributed by atoms with van der Waals surface area (Å²) in [5.74, 6) is -1.51. The van der Waals surface area contributed by atoms with Gasteiger partial charge in [0, 0.05) is 16.1 Å². The van der Waals surface area contributed by atoms with Crippen LogP contribution in [-0.4, -0.2) is 17.7 Å². The second-order valence-electron chi connectivity index (χ2n) is 6.59. The van der Waals surface area contributed by atoms with Crippen molar-refractivity contribution in [1.29, 1.82) is 0 Å². The number of nitrogens with one attached hydrogen (secondary N) is 3. The lowest BCUT2D eigenvalue weighted by Gasteiger charge is -2.08. The highest BCUT2D eigenvalue weighted by Gasteiger charge is 2.13. The lowest BCUT2D eigenvalue weighted by Crippen LogP contribution is -2.41. The largest absolute Gasteiger partial charge is 0.321 e. The van der Waals surface area contributed by atoms with Crippen LogP contribution in [0.25, 0.3) is 10.4 Å². The molecule has 4 rings (SSSR count). The van der Waals surface area contributed by atoms with Crippen molar-refractivity contribution in [2.24, 2.45) is 0 Å². The minimum Gasteiger partial charge on any atom is -0.321 e. The van der Waals surface area contributed by atoms with Crippen LogP contribution >= 0.6 is 22.7 Å². The van der Waals surface area contributed by atoms with Gasteiger partial charge in [-0.25, -0.2) is 4.39 Å². The van der Waals surface area contributed by atoms with Crippen LogP contribution in [-0.2, 0) is 0 Å². The van der Waals surface area contributed by atoms with Crippen LogP contribution in [0.15, 0.2) is 78.2 Å². The number of halogens is 1. The summed E-state index contributed by atoms with van der Waals surface area (Å²) >= 11 is 2.56. The summed E-state index contributed by atoms with van der Waals surface area (Å²) in [5.41, 5.74) is 6.42. The Labute approximate surface area is 190 Å². The zero-order valence-corrected chi connectivity index (χ0v) is 18.1. The standard InChI is InChI=1S/C23H16FN3O3S2/c24-16-7-3-14(4-8-16)18-11-12-20(32-18)23(30)27-26-21(28)15-5-9-17(10-6-15)25-22(29)19-2-1-13-31-19/h1-13H,(H,25,29)(H,26,28)(H,27,30). The molecule has 160 valence electrons. The SMILES string of the molecule is O=C(NNC(=O)c1ccc(-c2ccc(F)cc2)s1)c1ccc(NC(=O)c2cccs2)cc1. The van der Waals surface area contributed by atoms with E-state index >= 15 is 0 Å². The third-order valence-corrected chi connectivity index (χ3v) is 6.40. The number of amides is 3. The summed E-state index contributed by atoms with van der Waals surface area (Å²) in [4.78, 5) is 38.5. The zero-order chi connectivity index (χ0) is 22.5. The van der Waals surface area contributed by atoms with Crippen molar-refractivity contribution in [2.75, 3.05) is 5.32 Å². The number of benzene rings is 2. The zero-order valence-electron chi connectivity index (χ0n) is 16.4. The first-order chi connectivity index (χ1) is 15.5. The van der Waals surface area contributed by atoms with E-state index in [1.807, 2.05) is 5.38 Å². The molecule has 2 aromatic heterocycles. The van der Waals surface area contributed by atoms with Gasteiger partial charge in [0.15, 0.2) is 0 Å². The number of carbonyl (C=O) groups excluding carboxylic acids is 3. The van der Waals surface area contributed by atoms with E-state index in [1.54, 1.807) is 60.7 Å². The predicted octanol–water partition coefficient (Wildman–Crippen LogP) is 4.94. The minimum atomic E-state index is -0.496. The van der Waals surface area contributed by atoms with E-state index in [9.17, 15) is 18.8 Å². The first-order valence-electron chi connectivity index (χ1n) is 9.41. The molecule has 0 saturated carbocycles. The van der Waals surface area contributed by atoms with Gasteiger partial charge in [0.1, 0.15) is 5.82 Å². The van der Waals surface area contributed by atoms with Gasteiger partial charge in [0.25, 0.3) is 17.7 Å². The van der Waals surface area contributed by atoms with Crippen LogP contribution in [0.1, 0.15) is 29.7 Å². The predicted molar refractivity (Wildman–Crippen MR) is 123 cm³/mol. The first kappa shape index (κ1) is 21.4. The number of carbonyl (C=O) groups is 3. The van der Waals surface area contributed by atoms with Crippen molar-refractivity contribution < 1.29 is 18.8 Å². The lowest BCUT2D eigenvalue weighted by molar-refractivity contribution is 0.0849. The molecule has 0 aliphatic carbocycles. The smallest absolute Gasteiger partial charge is 0.279 e. The van der Waals surface area contributed by atoms with E-state index in [-0.39, 0.29) is 11.7 Å². The molecule has 3 N–H and O–H groups in total. The van der Waals surface area contributed by atoms with Crippen molar-refractivity contribution in [3.05, 3.63) is 99.3 Å². The molecule has 0 aliphatic heterocycles. The van der Waals surface area contributed by atoms with Crippen LogP contribution in [0, 0.1) is 5.82 Å². The Bertz CT molecular complexity index is 1250. The Hall–Kier alpha value is -3.82. The Morgan fingerprint density at radius 2 is 1.44 bits per heavy atom. The maximum absolute atomic E-state index is 13.1. The van der Waals surface area contributed by atoms with Crippen molar-refractivity contribution in [1.82, 2.24) is 10.9 Å². The maximum Gasteiger partial charge on any atom is 0.279 e. The molecule has 0 unspecified atom stereocenters. The van der Waals surface area contributed by atoms with Gasteiger partial charge in [-0.2, -0.15) is 0 Å². The van der Waals surface area contributed by atoms with E-state index in [2.05, 4.69) is 16.2 Å². The molecule has 4 aromatic rings. The Morgan fingerprint density at radius 1 is 0.719 bits per heavy atom. The monoisotopic (exact) mass is 465 g/mol. The van der Waals surface area contributed by atoms with Gasteiger partial charge in [-0.1, -0.05) is 18.2 Å². The van der Waals surface area contributed by atoms with Gasteiger partial charge in [-0.05, 0) is 65.5 Å². The van der Waals surface area contributed by atoms with Gasteiger partial charge in [0.2, 0.25) is 0 Å². The van der Waals surface area contributed by atoms with Crippen LogP contribution in [0.2, 0.25) is 0 Å². The molecular formula is C23H16FN3O3S2. The fourth-order valence-corrected chi connectivity index (χ4v) is 4.31. The summed E-state index contributed by atoms with van der Waals surface area (Å²) in [6.45, 7) is 0. The number of anilines is 1. The summed E-state index contributed by atoms with van der Waals surface area (Å²) in [5, 5.41) is 4.57. The molecule has 2 aromatic carbocycles. The Kier molecular flexibility index (Phi) is 6.39. The molecule has 0 aliphatic rings. The highest BCUT2D eigenvalue weighted by atomic mass is 32.1. The van der Waals surface area contributed by atoms with Crippen molar-refractivity contribution >= 4 is 46.1 Å². The number of hydrogen-bond acceptors (Lipinski definition) is 5. The van der Waals surface area contributed by atoms with Crippen LogP contribution < -0.4 is 16.2 Å². The highest BCUT2D eigenvalue weighted by molar-refractivity contribution is 7.17. The van der Waals surface area contributed by atoms with Crippen LogP contribution in [0.4, 0.5) is 10.1 Å². The molecule has 32 heavy (non-hydrogen) atoms. The number of thiophene rings is 2. The second-order valence-corrected chi connectivity index (χ2v) is 8.62. The van der Waals surface area contributed by atoms with Gasteiger partial charge in [-0.3, -0.25) is 25.2 Å². The normalized spacial score (nSPS) is 10.4. The molecule has 0 fully saturated rings. The molecule has 0 bridgehead atoms. The van der Waals surface area contributed by atoms with Crippen LogP contribution in [0.3, 0.4) is 0 Å². The average molecular weight is 466 g/mol. The van der Waals surface area contributed by atoms with Gasteiger partial charge in [-0.15, -0.1) is 22.7 Å². The molecule has 3 amide bonds. The molecule has 0 radical (unpaired) electrons. The first-order valence-corrected chi connectivity index (χ1v) is 11.1. The Morgan fingerprint density at radius 3 is 2.12 bits per heavy atom. The van der Waals surface area contributed by atoms with Gasteiger partial charge < -0.3 is 5.32 Å². The third-order valence-electron chi connectivity index (χ3n) is 4.40. The maximum atomic E-state index is 13.1. The van der Waals surface area contributed by atoms with E-state index in [0.29, 0.717) is 21.0 Å². The Balaban J connectivity index is 1.32. The van der Waals surface area contributed by atoms with Crippen molar-refractivity contribution in [3.8, 4) is 10.4 Å². The molecule has 0 atom stereocenters. The number of rotatable bonds is 5. The number of hydrazine groups is 1. The quantitative estimate of drug-likeness (QED) is 0.365. The summed E-state index contributed by atoms with van der Waals surface area (Å²) in [6, 6.07) is 19.2. The van der Waals surface area contributed by atoms with E-state index in [0.717, 1.165) is 10.4 Å². The van der Waals surface area contributed by atoms with E-state index in [1.165, 1.54) is 34.8 Å². The van der Waals surface area contributed by atoms with Gasteiger partial charge >= 0.3 is 0 Å². The van der Waals surface area contributed by atoms with Crippen molar-refractivity contribution in [2.45, 2.75) is 0 Å². The average Bonchev–Trinajstić information content (AvgIpc) is 3.51. The second kappa shape index (κ2) is 9.54. The highest BCUT2D eigenvalue weighted by Crippen LogP contribution is 2.28. The summed E-state index contributed by atoms with van der Waals surface area (Å²) in [6.07, 6.45) is 0. The lowest BCUT2D eigenvalue weighted by atomic mass is 10.2. The molecule has 2 heterocycles.